The molecule has 8 heteroatoms. The van der Waals surface area contributed by atoms with Gasteiger partial charge in [0.1, 0.15) is 24.2 Å². The van der Waals surface area contributed by atoms with Crippen molar-refractivity contribution >= 4 is 0 Å². The molecule has 0 aromatic heterocycles. The predicted molar refractivity (Wildman–Crippen MR) is 176 cm³/mol. The third-order valence-electron chi connectivity index (χ3n) is 9.37. The fourth-order valence-electron chi connectivity index (χ4n) is 6.85. The molecule has 3 aromatic carbocycles. The minimum atomic E-state index is -0.843. The van der Waals surface area contributed by atoms with Crippen LogP contribution in [0.3, 0.4) is 0 Å². The van der Waals surface area contributed by atoms with Crippen molar-refractivity contribution in [1.29, 1.82) is 0 Å². The van der Waals surface area contributed by atoms with Crippen LogP contribution in [0, 0.1) is 33.8 Å². The standard InChI is InChI=1S/C38H49NO7/c1-27(2)32-20-19-28(3)21-34(32)45-38-33(22-39(40)41)36(43-24-30-15-9-5-10-16-30)37(44-25-31-17-11-6-12-18-31)35(46-38)26-42-23-29-13-7-4-8-14-29/h4-18,27-28,32-38H,19-26H2,1-3H3/t28-,32+,33+,34-,35+,36+,37-,38-/m0/s1. The predicted octanol–water partition coefficient (Wildman–Crippen LogP) is 7.47. The van der Waals surface area contributed by atoms with Gasteiger partial charge in [0.15, 0.2) is 6.29 Å². The van der Waals surface area contributed by atoms with Crippen LogP contribution >= 0.6 is 0 Å². The van der Waals surface area contributed by atoms with Gasteiger partial charge in [-0.2, -0.15) is 0 Å². The Kier molecular flexibility index (Phi) is 12.7. The Morgan fingerprint density at radius 3 is 1.89 bits per heavy atom. The van der Waals surface area contributed by atoms with E-state index in [1.54, 1.807) is 0 Å². The first-order chi connectivity index (χ1) is 22.4. The van der Waals surface area contributed by atoms with Crippen LogP contribution in [0.2, 0.25) is 0 Å². The number of ether oxygens (including phenoxy) is 5. The van der Waals surface area contributed by atoms with E-state index in [-0.39, 0.29) is 30.8 Å². The number of rotatable bonds is 15. The Balaban J connectivity index is 1.45. The second kappa shape index (κ2) is 17.1. The van der Waals surface area contributed by atoms with Crippen molar-refractivity contribution in [3.05, 3.63) is 118 Å². The van der Waals surface area contributed by atoms with Gasteiger partial charge < -0.3 is 23.7 Å². The zero-order valence-corrected chi connectivity index (χ0v) is 27.3. The summed E-state index contributed by atoms with van der Waals surface area (Å²) in [6, 6.07) is 29.8. The zero-order valence-electron chi connectivity index (χ0n) is 27.3. The average Bonchev–Trinajstić information content (AvgIpc) is 3.05. The van der Waals surface area contributed by atoms with E-state index < -0.39 is 30.5 Å². The number of hydrogen-bond donors (Lipinski definition) is 0. The third kappa shape index (κ3) is 9.69. The van der Waals surface area contributed by atoms with Gasteiger partial charge >= 0.3 is 0 Å². The largest absolute Gasteiger partial charge is 0.374 e. The molecule has 0 N–H and O–H groups in total. The summed E-state index contributed by atoms with van der Waals surface area (Å²) < 4.78 is 33.1. The molecule has 46 heavy (non-hydrogen) atoms. The lowest BCUT2D eigenvalue weighted by Gasteiger charge is -2.47. The second-order valence-electron chi connectivity index (χ2n) is 13.2. The molecule has 1 aliphatic carbocycles. The van der Waals surface area contributed by atoms with Crippen molar-refractivity contribution in [1.82, 2.24) is 0 Å². The Labute approximate surface area is 273 Å². The second-order valence-corrected chi connectivity index (χ2v) is 13.2. The van der Waals surface area contributed by atoms with Gasteiger partial charge in [0.2, 0.25) is 6.54 Å². The van der Waals surface area contributed by atoms with E-state index in [2.05, 4.69) is 20.8 Å². The molecule has 1 saturated heterocycles. The van der Waals surface area contributed by atoms with E-state index in [1.807, 2.05) is 91.0 Å². The van der Waals surface area contributed by atoms with Gasteiger partial charge in [-0.15, -0.1) is 0 Å². The fourth-order valence-corrected chi connectivity index (χ4v) is 6.85. The molecule has 0 unspecified atom stereocenters. The highest BCUT2D eigenvalue weighted by Crippen LogP contribution is 2.40. The summed E-state index contributed by atoms with van der Waals surface area (Å²) in [6.07, 6.45) is 0.339. The number of nitrogens with zero attached hydrogens (tertiary/aromatic N) is 1. The van der Waals surface area contributed by atoms with Crippen LogP contribution in [0.4, 0.5) is 0 Å². The average molecular weight is 632 g/mol. The molecule has 1 aliphatic heterocycles. The highest BCUT2D eigenvalue weighted by atomic mass is 16.7. The molecule has 2 fully saturated rings. The van der Waals surface area contributed by atoms with Gasteiger partial charge in [0, 0.05) is 4.92 Å². The molecule has 0 spiro atoms. The molecular weight excluding hydrogens is 582 g/mol. The van der Waals surface area contributed by atoms with Gasteiger partial charge in [-0.25, -0.2) is 0 Å². The molecule has 2 aliphatic rings. The first-order valence-corrected chi connectivity index (χ1v) is 16.7. The molecule has 0 radical (unpaired) electrons. The molecule has 8 nitrogen and oxygen atoms in total. The maximum absolute atomic E-state index is 12.2. The minimum Gasteiger partial charge on any atom is -0.374 e. The molecule has 248 valence electrons. The third-order valence-corrected chi connectivity index (χ3v) is 9.37. The lowest BCUT2D eigenvalue weighted by molar-refractivity contribution is -0.504. The highest BCUT2D eigenvalue weighted by Gasteiger charge is 2.51. The van der Waals surface area contributed by atoms with E-state index in [9.17, 15) is 10.1 Å². The maximum atomic E-state index is 12.2. The van der Waals surface area contributed by atoms with Gasteiger partial charge in [-0.1, -0.05) is 118 Å². The van der Waals surface area contributed by atoms with E-state index in [1.165, 1.54) is 0 Å². The molecule has 1 heterocycles. The summed E-state index contributed by atoms with van der Waals surface area (Å²) in [5.41, 5.74) is 3.02. The van der Waals surface area contributed by atoms with E-state index in [0.29, 0.717) is 31.0 Å². The first kappa shape index (κ1) is 34.2. The fraction of sp³-hybridized carbons (Fsp3) is 0.526. The van der Waals surface area contributed by atoms with Gasteiger partial charge in [-0.05, 0) is 47.3 Å². The molecular formula is C38H49NO7. The Bertz CT molecular complexity index is 1310. The van der Waals surface area contributed by atoms with E-state index in [0.717, 1.165) is 36.0 Å². The van der Waals surface area contributed by atoms with Gasteiger partial charge in [0.05, 0.1) is 32.5 Å². The Hall–Kier alpha value is -3.14. The summed E-state index contributed by atoms with van der Waals surface area (Å²) in [4.78, 5) is 11.9. The lowest BCUT2D eigenvalue weighted by atomic mass is 9.75. The molecule has 8 atom stereocenters. The van der Waals surface area contributed by atoms with Crippen LogP contribution < -0.4 is 0 Å². The van der Waals surface area contributed by atoms with Crippen molar-refractivity contribution in [2.24, 2.45) is 23.7 Å². The summed E-state index contributed by atoms with van der Waals surface area (Å²) in [5.74, 6) is 0.594. The summed E-state index contributed by atoms with van der Waals surface area (Å²) in [7, 11) is 0. The SMILES string of the molecule is CC(C)[C@H]1CC[C@H](C)C[C@@H]1O[C@H]1O[C@H](COCc2ccccc2)[C@H](OCc2ccccc2)[C@H](OCc2ccccc2)[C@H]1C[N+](=O)[O-]. The van der Waals surface area contributed by atoms with Gasteiger partial charge in [0.25, 0.3) is 0 Å². The Morgan fingerprint density at radius 2 is 1.35 bits per heavy atom. The van der Waals surface area contributed by atoms with Crippen molar-refractivity contribution in [2.45, 2.75) is 90.6 Å². The highest BCUT2D eigenvalue weighted by molar-refractivity contribution is 5.15. The molecule has 0 amide bonds. The Morgan fingerprint density at radius 1 is 0.804 bits per heavy atom. The smallest absolute Gasteiger partial charge is 0.214 e. The van der Waals surface area contributed by atoms with Crippen LogP contribution in [-0.2, 0) is 43.5 Å². The van der Waals surface area contributed by atoms with Crippen molar-refractivity contribution in [3.63, 3.8) is 0 Å². The summed E-state index contributed by atoms with van der Waals surface area (Å²) in [6.45, 7) is 7.57. The number of nitro groups is 1. The summed E-state index contributed by atoms with van der Waals surface area (Å²) in [5, 5.41) is 12.2. The van der Waals surface area contributed by atoms with Crippen molar-refractivity contribution < 1.29 is 28.6 Å². The van der Waals surface area contributed by atoms with Crippen LogP contribution in [0.5, 0.6) is 0 Å². The monoisotopic (exact) mass is 631 g/mol. The lowest BCUT2D eigenvalue weighted by Crippen LogP contribution is -2.60. The van der Waals surface area contributed by atoms with Crippen molar-refractivity contribution in [3.8, 4) is 0 Å². The maximum Gasteiger partial charge on any atom is 0.214 e. The van der Waals surface area contributed by atoms with E-state index >= 15 is 0 Å². The van der Waals surface area contributed by atoms with Crippen LogP contribution in [0.15, 0.2) is 91.0 Å². The quantitative estimate of drug-likeness (QED) is 0.127. The van der Waals surface area contributed by atoms with Crippen molar-refractivity contribution in [2.75, 3.05) is 13.2 Å². The van der Waals surface area contributed by atoms with E-state index in [4.69, 9.17) is 23.7 Å². The number of benzene rings is 3. The summed E-state index contributed by atoms with van der Waals surface area (Å²) >= 11 is 0. The van der Waals surface area contributed by atoms with Gasteiger partial charge in [-0.3, -0.25) is 10.1 Å². The molecule has 3 aromatic rings. The first-order valence-electron chi connectivity index (χ1n) is 16.7. The zero-order chi connectivity index (χ0) is 32.3. The topological polar surface area (TPSA) is 89.3 Å². The van der Waals surface area contributed by atoms with Crippen LogP contribution in [-0.4, -0.2) is 48.8 Å². The molecule has 1 saturated carbocycles. The number of hydrogen-bond acceptors (Lipinski definition) is 7. The molecule has 5 rings (SSSR count). The van der Waals surface area contributed by atoms with Crippen LogP contribution in [0.1, 0.15) is 56.7 Å². The van der Waals surface area contributed by atoms with Crippen LogP contribution in [0.25, 0.3) is 0 Å². The minimum absolute atomic E-state index is 0.0644. The normalized spacial score (nSPS) is 28.3. The molecule has 0 bridgehead atoms.